The van der Waals surface area contributed by atoms with Crippen molar-refractivity contribution in [3.05, 3.63) is 23.8 Å². The third kappa shape index (κ3) is 5.09. The Hall–Kier alpha value is -2.54. The summed E-state index contributed by atoms with van der Waals surface area (Å²) in [5.74, 6) is -2.17. The molecular weight excluding hydrogens is 440 g/mol. The minimum atomic E-state index is -4.34. The summed E-state index contributed by atoms with van der Waals surface area (Å²) in [5, 5.41) is 9.62. The van der Waals surface area contributed by atoms with Crippen molar-refractivity contribution >= 4 is 33.4 Å². The molecule has 1 aromatic rings. The van der Waals surface area contributed by atoms with Crippen molar-refractivity contribution in [1.29, 1.82) is 0 Å². The van der Waals surface area contributed by atoms with Crippen molar-refractivity contribution in [3.8, 4) is 0 Å². The monoisotopic (exact) mass is 468 g/mol. The molecule has 4 N–H and O–H groups in total. The molecule has 2 aliphatic heterocycles. The predicted octanol–water partition coefficient (Wildman–Crippen LogP) is -1.27. The number of ether oxygens (including phenoxy) is 1. The number of hydrogen-bond acceptors (Lipinski definition) is 7. The van der Waals surface area contributed by atoms with Crippen molar-refractivity contribution in [2.75, 3.05) is 37.7 Å². The molecule has 2 fully saturated rings. The van der Waals surface area contributed by atoms with Gasteiger partial charge >= 0.3 is 0 Å². The lowest BCUT2D eigenvalue weighted by Gasteiger charge is -2.32. The van der Waals surface area contributed by atoms with Crippen LogP contribution in [0.1, 0.15) is 25.3 Å². The Kier molecular flexibility index (Phi) is 7.49. The SMILES string of the molecule is CCc1c(N2CCOCC2=O)cccc1S(=O)(=O)N[C@@H](C(N)=O)C(=O)N1CCC(O)CC1. The number of nitrogens with zero attached hydrogens (tertiary/aromatic N) is 2. The zero-order valence-electron chi connectivity index (χ0n) is 17.8. The summed E-state index contributed by atoms with van der Waals surface area (Å²) in [5.41, 5.74) is 6.18. The first kappa shape index (κ1) is 24.1. The number of aliphatic hydroxyl groups excluding tert-OH is 1. The van der Waals surface area contributed by atoms with Gasteiger partial charge in [0.25, 0.3) is 5.91 Å². The highest BCUT2D eigenvalue weighted by Gasteiger charge is 2.36. The van der Waals surface area contributed by atoms with Gasteiger partial charge in [-0.15, -0.1) is 0 Å². The quantitative estimate of drug-likeness (QED) is 0.421. The lowest BCUT2D eigenvalue weighted by atomic mass is 10.1. The Morgan fingerprint density at radius 3 is 2.56 bits per heavy atom. The number of carbonyl (C=O) groups excluding carboxylic acids is 3. The molecule has 1 aromatic carbocycles. The Labute approximate surface area is 186 Å². The van der Waals surface area contributed by atoms with Gasteiger partial charge in [0, 0.05) is 25.3 Å². The van der Waals surface area contributed by atoms with E-state index < -0.39 is 34.0 Å². The van der Waals surface area contributed by atoms with Gasteiger partial charge in [-0.1, -0.05) is 13.0 Å². The summed E-state index contributed by atoms with van der Waals surface area (Å²) in [7, 11) is -4.34. The predicted molar refractivity (Wildman–Crippen MR) is 114 cm³/mol. The highest BCUT2D eigenvalue weighted by molar-refractivity contribution is 7.89. The third-order valence-corrected chi connectivity index (χ3v) is 7.12. The lowest BCUT2D eigenvalue weighted by molar-refractivity contribution is -0.139. The number of piperidine rings is 1. The summed E-state index contributed by atoms with van der Waals surface area (Å²) in [6.07, 6.45) is 0.413. The number of rotatable bonds is 7. The fourth-order valence-corrected chi connectivity index (χ4v) is 5.39. The second-order valence-corrected chi connectivity index (χ2v) is 9.40. The van der Waals surface area contributed by atoms with Crippen LogP contribution in [0.5, 0.6) is 0 Å². The molecule has 0 radical (unpaired) electrons. The zero-order chi connectivity index (χ0) is 23.5. The van der Waals surface area contributed by atoms with Crippen molar-refractivity contribution in [1.82, 2.24) is 9.62 Å². The fraction of sp³-hybridized carbons (Fsp3) is 0.550. The van der Waals surface area contributed by atoms with Crippen LogP contribution in [-0.2, 0) is 35.6 Å². The number of nitrogens with one attached hydrogen (secondary N) is 1. The summed E-state index contributed by atoms with van der Waals surface area (Å²) >= 11 is 0. The largest absolute Gasteiger partial charge is 0.393 e. The molecule has 11 nitrogen and oxygen atoms in total. The van der Waals surface area contributed by atoms with Gasteiger partial charge in [-0.05, 0) is 37.0 Å². The van der Waals surface area contributed by atoms with E-state index in [0.717, 1.165) is 0 Å². The first-order valence-electron chi connectivity index (χ1n) is 10.4. The summed E-state index contributed by atoms with van der Waals surface area (Å²) in [4.78, 5) is 39.8. The number of morpholine rings is 1. The third-order valence-electron chi connectivity index (χ3n) is 5.61. The average Bonchev–Trinajstić information content (AvgIpc) is 2.77. The van der Waals surface area contributed by atoms with E-state index in [1.807, 2.05) is 0 Å². The van der Waals surface area contributed by atoms with Crippen LogP contribution in [0, 0.1) is 0 Å². The number of amides is 3. The van der Waals surface area contributed by atoms with E-state index in [9.17, 15) is 27.9 Å². The number of likely N-dealkylation sites (tertiary alicyclic amines) is 1. The molecular formula is C20H28N4O7S. The number of nitrogens with two attached hydrogens (primary N) is 1. The van der Waals surface area contributed by atoms with Gasteiger partial charge in [0.05, 0.1) is 17.6 Å². The number of aliphatic hydroxyl groups is 1. The van der Waals surface area contributed by atoms with Crippen molar-refractivity contribution in [2.24, 2.45) is 5.73 Å². The number of primary amides is 1. The molecule has 0 bridgehead atoms. The van der Waals surface area contributed by atoms with Crippen LogP contribution in [-0.4, -0.2) is 81.1 Å². The molecule has 3 rings (SSSR count). The number of anilines is 1. The molecule has 12 heteroatoms. The van der Waals surface area contributed by atoms with Crippen LogP contribution in [0.4, 0.5) is 5.69 Å². The first-order valence-corrected chi connectivity index (χ1v) is 11.9. The van der Waals surface area contributed by atoms with E-state index in [-0.39, 0.29) is 43.5 Å². The van der Waals surface area contributed by atoms with Gasteiger partial charge in [-0.25, -0.2) is 8.42 Å². The van der Waals surface area contributed by atoms with Crippen molar-refractivity contribution < 1.29 is 32.6 Å². The molecule has 0 aromatic heterocycles. The number of hydrogen-bond donors (Lipinski definition) is 3. The minimum Gasteiger partial charge on any atom is -0.393 e. The zero-order valence-corrected chi connectivity index (χ0v) is 18.6. The lowest BCUT2D eigenvalue weighted by Crippen LogP contribution is -2.56. The van der Waals surface area contributed by atoms with Crippen LogP contribution in [0.15, 0.2) is 23.1 Å². The van der Waals surface area contributed by atoms with Gasteiger partial charge in [0.15, 0.2) is 6.04 Å². The van der Waals surface area contributed by atoms with Crippen LogP contribution in [0.25, 0.3) is 0 Å². The van der Waals surface area contributed by atoms with Gasteiger partial charge in [0.2, 0.25) is 21.8 Å². The van der Waals surface area contributed by atoms with E-state index >= 15 is 0 Å². The van der Waals surface area contributed by atoms with E-state index in [2.05, 4.69) is 4.72 Å². The molecule has 2 saturated heterocycles. The maximum Gasteiger partial charge on any atom is 0.253 e. The van der Waals surface area contributed by atoms with Crippen LogP contribution in [0.3, 0.4) is 0 Å². The maximum atomic E-state index is 13.2. The molecule has 1 atom stereocenters. The molecule has 176 valence electrons. The second-order valence-electron chi connectivity index (χ2n) is 7.72. The summed E-state index contributed by atoms with van der Waals surface area (Å²) in [6, 6.07) is 2.72. The number of benzene rings is 1. The number of sulfonamides is 1. The Morgan fingerprint density at radius 2 is 1.97 bits per heavy atom. The average molecular weight is 469 g/mol. The van der Waals surface area contributed by atoms with E-state index in [0.29, 0.717) is 30.7 Å². The van der Waals surface area contributed by atoms with E-state index in [4.69, 9.17) is 10.5 Å². The molecule has 2 heterocycles. The Morgan fingerprint density at radius 1 is 1.28 bits per heavy atom. The minimum absolute atomic E-state index is 0.0961. The fourth-order valence-electron chi connectivity index (χ4n) is 3.90. The molecule has 0 saturated carbocycles. The maximum absolute atomic E-state index is 13.2. The van der Waals surface area contributed by atoms with Gasteiger partial charge in [-0.3, -0.25) is 14.4 Å². The Balaban J connectivity index is 1.90. The highest BCUT2D eigenvalue weighted by atomic mass is 32.2. The second kappa shape index (κ2) is 9.94. The van der Waals surface area contributed by atoms with E-state index in [1.54, 1.807) is 13.0 Å². The molecule has 0 unspecified atom stereocenters. The van der Waals surface area contributed by atoms with Gasteiger partial charge in [-0.2, -0.15) is 4.72 Å². The Bertz CT molecular complexity index is 990. The topological polar surface area (TPSA) is 159 Å². The van der Waals surface area contributed by atoms with Crippen LogP contribution < -0.4 is 15.4 Å². The molecule has 0 spiro atoms. The molecule has 3 amide bonds. The molecule has 2 aliphatic rings. The van der Waals surface area contributed by atoms with Crippen LogP contribution >= 0.6 is 0 Å². The standard InChI is InChI=1S/C20H28N4O7S/c1-2-14-15(24-10-11-31-12-17(24)26)4-3-5-16(14)32(29,30)22-18(19(21)27)20(28)23-8-6-13(25)7-9-23/h3-5,13,18,22,25H,2,6-12H2,1H3,(H2,21,27)/t18-/m0/s1. The van der Waals surface area contributed by atoms with Crippen molar-refractivity contribution in [2.45, 2.75) is 43.2 Å². The van der Waals surface area contributed by atoms with Crippen LogP contribution in [0.2, 0.25) is 0 Å². The van der Waals surface area contributed by atoms with Gasteiger partial charge in [0.1, 0.15) is 6.61 Å². The van der Waals surface area contributed by atoms with E-state index in [1.165, 1.54) is 21.9 Å². The smallest absolute Gasteiger partial charge is 0.253 e. The first-order chi connectivity index (χ1) is 15.2. The molecule has 32 heavy (non-hydrogen) atoms. The normalized spacial score (nSPS) is 19.1. The summed E-state index contributed by atoms with van der Waals surface area (Å²) < 4.78 is 33.7. The summed E-state index contributed by atoms with van der Waals surface area (Å²) in [6.45, 7) is 2.65. The molecule has 0 aliphatic carbocycles. The van der Waals surface area contributed by atoms with Crippen molar-refractivity contribution in [3.63, 3.8) is 0 Å². The highest BCUT2D eigenvalue weighted by Crippen LogP contribution is 2.29. The number of carbonyl (C=O) groups is 3. The van der Waals surface area contributed by atoms with Gasteiger partial charge < -0.3 is 25.4 Å².